The zero-order valence-electron chi connectivity index (χ0n) is 11.3. The Labute approximate surface area is 112 Å². The molecule has 1 N–H and O–H groups in total. The van der Waals surface area contributed by atoms with E-state index in [0.717, 1.165) is 59.0 Å². The molecule has 0 amide bonds. The van der Waals surface area contributed by atoms with E-state index in [1.54, 1.807) is 0 Å². The minimum absolute atomic E-state index is 0.484. The van der Waals surface area contributed by atoms with E-state index >= 15 is 0 Å². The van der Waals surface area contributed by atoms with Crippen LogP contribution in [0.1, 0.15) is 45.6 Å². The maximum Gasteiger partial charge on any atom is 0.336 e. The van der Waals surface area contributed by atoms with Crippen molar-refractivity contribution < 1.29 is 9.90 Å². The highest BCUT2D eigenvalue weighted by molar-refractivity contribution is 6.05. The lowest BCUT2D eigenvalue weighted by atomic mass is 9.88. The van der Waals surface area contributed by atoms with Crippen molar-refractivity contribution in [2.24, 2.45) is 0 Å². The van der Waals surface area contributed by atoms with Crippen LogP contribution in [0.5, 0.6) is 0 Å². The van der Waals surface area contributed by atoms with Crippen LogP contribution in [-0.2, 0) is 12.8 Å². The largest absolute Gasteiger partial charge is 0.478 e. The summed E-state index contributed by atoms with van der Waals surface area (Å²) < 4.78 is 0. The lowest BCUT2D eigenvalue weighted by molar-refractivity contribution is 0.0697. The van der Waals surface area contributed by atoms with Gasteiger partial charge in [-0.15, -0.1) is 0 Å². The lowest BCUT2D eigenvalue weighted by Crippen LogP contribution is -2.14. The first-order chi connectivity index (χ1) is 9.08. The molecule has 0 saturated heterocycles. The van der Waals surface area contributed by atoms with Crippen molar-refractivity contribution in [3.8, 4) is 0 Å². The van der Waals surface area contributed by atoms with E-state index < -0.39 is 5.97 Å². The van der Waals surface area contributed by atoms with Gasteiger partial charge in [-0.25, -0.2) is 4.79 Å². The third-order valence-electron chi connectivity index (χ3n) is 3.92. The van der Waals surface area contributed by atoms with Crippen LogP contribution in [0.4, 0.5) is 0 Å². The Morgan fingerprint density at radius 1 is 1.21 bits per heavy atom. The van der Waals surface area contributed by atoms with E-state index in [4.69, 9.17) is 4.98 Å². The number of carboxylic acid groups (broad SMARTS) is 1. The number of carboxylic acids is 1. The van der Waals surface area contributed by atoms with E-state index in [9.17, 15) is 9.90 Å². The highest BCUT2D eigenvalue weighted by atomic mass is 16.4. The minimum atomic E-state index is -0.822. The Morgan fingerprint density at radius 2 is 1.95 bits per heavy atom. The maximum absolute atomic E-state index is 11.7. The fourth-order valence-electron chi connectivity index (χ4n) is 3.17. The van der Waals surface area contributed by atoms with E-state index in [2.05, 4.69) is 0 Å². The molecule has 3 rings (SSSR count). The van der Waals surface area contributed by atoms with Crippen LogP contribution in [0, 0.1) is 13.8 Å². The van der Waals surface area contributed by atoms with E-state index in [0.29, 0.717) is 5.56 Å². The number of aromatic carboxylic acids is 1. The van der Waals surface area contributed by atoms with Crippen LogP contribution in [0.25, 0.3) is 10.9 Å². The summed E-state index contributed by atoms with van der Waals surface area (Å²) in [6, 6.07) is 4.02. The number of rotatable bonds is 1. The number of hydrogen-bond donors (Lipinski definition) is 1. The summed E-state index contributed by atoms with van der Waals surface area (Å²) in [7, 11) is 0. The molecule has 0 fully saturated rings. The van der Waals surface area contributed by atoms with Crippen molar-refractivity contribution in [1.82, 2.24) is 4.98 Å². The highest BCUT2D eigenvalue weighted by Gasteiger charge is 2.23. The van der Waals surface area contributed by atoms with E-state index in [-0.39, 0.29) is 0 Å². The molecular weight excluding hydrogens is 238 g/mol. The topological polar surface area (TPSA) is 50.2 Å². The molecule has 0 radical (unpaired) electrons. The van der Waals surface area contributed by atoms with Gasteiger partial charge in [-0.1, -0.05) is 6.07 Å². The van der Waals surface area contributed by atoms with Crippen LogP contribution in [0.15, 0.2) is 12.1 Å². The van der Waals surface area contributed by atoms with Gasteiger partial charge in [0.25, 0.3) is 0 Å². The van der Waals surface area contributed by atoms with Gasteiger partial charge in [-0.2, -0.15) is 0 Å². The van der Waals surface area contributed by atoms with Crippen molar-refractivity contribution in [1.29, 1.82) is 0 Å². The normalized spacial score (nSPS) is 14.4. The second-order valence-electron chi connectivity index (χ2n) is 5.40. The molecule has 1 aromatic heterocycles. The van der Waals surface area contributed by atoms with Crippen molar-refractivity contribution in [2.75, 3.05) is 0 Å². The van der Waals surface area contributed by atoms with Gasteiger partial charge in [0.05, 0.1) is 11.1 Å². The molecule has 1 aliphatic rings. The Hall–Kier alpha value is -1.90. The fraction of sp³-hybridized carbons (Fsp3) is 0.375. The molecule has 0 saturated carbocycles. The van der Waals surface area contributed by atoms with E-state index in [1.165, 1.54) is 0 Å². The van der Waals surface area contributed by atoms with Crippen LogP contribution < -0.4 is 0 Å². The van der Waals surface area contributed by atoms with Gasteiger partial charge in [0.2, 0.25) is 0 Å². The predicted molar refractivity (Wildman–Crippen MR) is 74.8 cm³/mol. The van der Waals surface area contributed by atoms with Gasteiger partial charge in [-0.3, -0.25) is 4.98 Å². The minimum Gasteiger partial charge on any atom is -0.478 e. The van der Waals surface area contributed by atoms with Crippen molar-refractivity contribution in [2.45, 2.75) is 39.5 Å². The number of fused-ring (bicyclic) bond motifs is 2. The maximum atomic E-state index is 11.7. The monoisotopic (exact) mass is 255 g/mol. The van der Waals surface area contributed by atoms with Crippen LogP contribution in [0.3, 0.4) is 0 Å². The summed E-state index contributed by atoms with van der Waals surface area (Å²) in [5.41, 5.74) is 5.39. The standard InChI is InChI=1S/C16H17NO2/c1-9-7-10(2)14-13(8-9)17-12-6-4-3-5-11(12)15(14)16(18)19/h7-8H,3-6H2,1-2H3,(H,18,19). The number of aryl methyl sites for hydroxylation is 3. The Bertz CT molecular complexity index is 689. The predicted octanol–water partition coefficient (Wildman–Crippen LogP) is 3.43. The number of hydrogen-bond acceptors (Lipinski definition) is 2. The van der Waals surface area contributed by atoms with Crippen molar-refractivity contribution in [3.05, 3.63) is 40.1 Å². The molecule has 0 atom stereocenters. The van der Waals surface area contributed by atoms with Gasteiger partial charge >= 0.3 is 5.97 Å². The lowest BCUT2D eigenvalue weighted by Gasteiger charge is -2.20. The molecule has 1 heterocycles. The summed E-state index contributed by atoms with van der Waals surface area (Å²) in [6.07, 6.45) is 3.91. The van der Waals surface area contributed by atoms with Crippen molar-refractivity contribution >= 4 is 16.9 Å². The zero-order chi connectivity index (χ0) is 13.6. The third-order valence-corrected chi connectivity index (χ3v) is 3.92. The first-order valence-corrected chi connectivity index (χ1v) is 6.74. The van der Waals surface area contributed by atoms with Crippen molar-refractivity contribution in [3.63, 3.8) is 0 Å². The molecule has 0 unspecified atom stereocenters. The number of carbonyl (C=O) groups is 1. The Morgan fingerprint density at radius 3 is 2.68 bits per heavy atom. The number of aromatic nitrogens is 1. The first-order valence-electron chi connectivity index (χ1n) is 6.74. The smallest absolute Gasteiger partial charge is 0.336 e. The second kappa shape index (κ2) is 4.34. The van der Waals surface area contributed by atoms with Crippen LogP contribution >= 0.6 is 0 Å². The average molecular weight is 255 g/mol. The number of pyridine rings is 1. The first kappa shape index (κ1) is 12.2. The fourth-order valence-corrected chi connectivity index (χ4v) is 3.17. The van der Waals surface area contributed by atoms with Crippen LogP contribution in [0.2, 0.25) is 0 Å². The van der Waals surface area contributed by atoms with Gasteiger partial charge in [0.1, 0.15) is 0 Å². The SMILES string of the molecule is Cc1cc(C)c2c(C(=O)O)c3c(nc2c1)CCCC3. The number of nitrogens with zero attached hydrogens (tertiary/aromatic N) is 1. The molecule has 19 heavy (non-hydrogen) atoms. The molecular formula is C16H17NO2. The molecule has 98 valence electrons. The summed E-state index contributed by atoms with van der Waals surface area (Å²) in [6.45, 7) is 3.99. The summed E-state index contributed by atoms with van der Waals surface area (Å²) >= 11 is 0. The van der Waals surface area contributed by atoms with Gasteiger partial charge in [0, 0.05) is 11.1 Å². The molecule has 1 aliphatic carbocycles. The molecule has 0 spiro atoms. The molecule has 0 bridgehead atoms. The molecule has 2 aromatic rings. The van der Waals surface area contributed by atoms with Gasteiger partial charge in [0.15, 0.2) is 0 Å². The molecule has 3 heteroatoms. The highest BCUT2D eigenvalue weighted by Crippen LogP contribution is 2.31. The molecule has 1 aromatic carbocycles. The Balaban J connectivity index is 2.46. The van der Waals surface area contributed by atoms with Crippen LogP contribution in [-0.4, -0.2) is 16.1 Å². The Kier molecular flexibility index (Phi) is 2.77. The van der Waals surface area contributed by atoms with E-state index in [1.807, 2.05) is 26.0 Å². The number of benzene rings is 1. The summed E-state index contributed by atoms with van der Waals surface area (Å²) in [4.78, 5) is 16.4. The average Bonchev–Trinajstić information content (AvgIpc) is 2.35. The van der Waals surface area contributed by atoms with Gasteiger partial charge in [-0.05, 0) is 62.3 Å². The second-order valence-corrected chi connectivity index (χ2v) is 5.40. The molecule has 3 nitrogen and oxygen atoms in total. The van der Waals surface area contributed by atoms with Gasteiger partial charge < -0.3 is 5.11 Å². The summed E-state index contributed by atoms with van der Waals surface area (Å²) in [5, 5.41) is 10.4. The zero-order valence-corrected chi connectivity index (χ0v) is 11.3. The summed E-state index contributed by atoms with van der Waals surface area (Å²) in [5.74, 6) is -0.822. The third kappa shape index (κ3) is 1.89. The molecule has 0 aliphatic heterocycles. The quantitative estimate of drug-likeness (QED) is 0.849.